The molecule has 0 radical (unpaired) electrons. The average Bonchev–Trinajstić information content (AvgIpc) is 2.64. The van der Waals surface area contributed by atoms with Gasteiger partial charge in [-0.15, -0.1) is 0 Å². The van der Waals surface area contributed by atoms with Crippen molar-refractivity contribution in [1.82, 2.24) is 4.98 Å². The molecule has 0 N–H and O–H groups in total. The number of pyridine rings is 1. The first-order valence-electron chi connectivity index (χ1n) is 9.19. The number of methoxy groups -OCH3 is 1. The number of aromatic nitrogens is 1. The third-order valence-corrected chi connectivity index (χ3v) is 5.11. The van der Waals surface area contributed by atoms with Crippen molar-refractivity contribution < 1.29 is 19.1 Å². The Balaban J connectivity index is 2.59. The summed E-state index contributed by atoms with van der Waals surface area (Å²) >= 11 is 6.35. The highest BCUT2D eigenvalue weighted by molar-refractivity contribution is 6.62. The monoisotopic (exact) mass is 403 g/mol. The molecule has 0 spiro atoms. The Kier molecular flexibility index (Phi) is 6.83. The van der Waals surface area contributed by atoms with E-state index in [1.807, 2.05) is 19.1 Å². The summed E-state index contributed by atoms with van der Waals surface area (Å²) in [6, 6.07) is 1.73. The van der Waals surface area contributed by atoms with E-state index in [4.69, 9.17) is 21.1 Å². The summed E-state index contributed by atoms with van der Waals surface area (Å²) in [5.74, 6) is -0.417. The number of hydrogen-bond donors (Lipinski definition) is 0. The van der Waals surface area contributed by atoms with Gasteiger partial charge in [-0.25, -0.2) is 0 Å². The summed E-state index contributed by atoms with van der Waals surface area (Å²) in [5, 5.41) is 1.02. The zero-order valence-corrected chi connectivity index (χ0v) is 17.9. The van der Waals surface area contributed by atoms with Gasteiger partial charge in [0.05, 0.1) is 17.8 Å². The molecule has 1 aliphatic rings. The van der Waals surface area contributed by atoms with E-state index in [0.29, 0.717) is 22.0 Å². The summed E-state index contributed by atoms with van der Waals surface area (Å²) in [5.41, 5.74) is 0.180. The van der Waals surface area contributed by atoms with Gasteiger partial charge in [-0.2, -0.15) is 0 Å². The molecule has 0 aliphatic heterocycles. The Morgan fingerprint density at radius 2 is 2.04 bits per heavy atom. The van der Waals surface area contributed by atoms with Gasteiger partial charge in [0, 0.05) is 23.6 Å². The number of Topliss-reactive ketones (excluding diaryl/α,β-unsaturated/α-hetero) is 1. The van der Waals surface area contributed by atoms with E-state index in [1.54, 1.807) is 12.3 Å². The van der Waals surface area contributed by atoms with E-state index in [9.17, 15) is 9.59 Å². The van der Waals surface area contributed by atoms with Crippen molar-refractivity contribution in [2.75, 3.05) is 7.11 Å². The van der Waals surface area contributed by atoms with Gasteiger partial charge in [0.15, 0.2) is 5.76 Å². The van der Waals surface area contributed by atoms with Crippen molar-refractivity contribution in [1.29, 1.82) is 0 Å². The molecule has 0 bridgehead atoms. The summed E-state index contributed by atoms with van der Waals surface area (Å²) in [7, 11) is 1.42. The lowest BCUT2D eigenvalue weighted by Crippen LogP contribution is -2.52. The van der Waals surface area contributed by atoms with Crippen LogP contribution in [-0.2, 0) is 19.1 Å². The van der Waals surface area contributed by atoms with Gasteiger partial charge >= 0.3 is 5.97 Å². The van der Waals surface area contributed by atoms with Crippen LogP contribution in [0.5, 0.6) is 0 Å². The van der Waals surface area contributed by atoms with E-state index >= 15 is 0 Å². The number of carbonyl (C=O) groups is 2. The number of halogens is 1. The Labute approximate surface area is 170 Å². The molecule has 1 aromatic heterocycles. The number of fused-ring (bicyclic) bond motifs is 1. The number of rotatable bonds is 6. The van der Waals surface area contributed by atoms with E-state index in [-0.39, 0.29) is 10.8 Å². The first-order valence-corrected chi connectivity index (χ1v) is 9.57. The molecule has 0 aromatic carbocycles. The second-order valence-electron chi connectivity index (χ2n) is 7.09. The van der Waals surface area contributed by atoms with Crippen molar-refractivity contribution in [3.8, 4) is 0 Å². The number of hydrogen-bond acceptors (Lipinski definition) is 5. The van der Waals surface area contributed by atoms with Gasteiger partial charge < -0.3 is 9.47 Å². The number of ketones is 1. The van der Waals surface area contributed by atoms with E-state index in [1.165, 1.54) is 21.0 Å². The van der Waals surface area contributed by atoms with Crippen LogP contribution in [0.15, 0.2) is 30.0 Å². The molecule has 1 aromatic rings. The topological polar surface area (TPSA) is 65.5 Å². The number of allylic oxidation sites excluding steroid dienone is 3. The van der Waals surface area contributed by atoms with Gasteiger partial charge in [-0.05, 0) is 31.9 Å². The highest BCUT2D eigenvalue weighted by Crippen LogP contribution is 2.30. The zero-order chi connectivity index (χ0) is 21.1. The number of nitrogens with zero attached hydrogens (tertiary/aromatic N) is 1. The molecule has 6 heteroatoms. The summed E-state index contributed by atoms with van der Waals surface area (Å²) < 4.78 is 10.7. The molecule has 0 saturated carbocycles. The normalized spacial score (nSPS) is 21.0. The van der Waals surface area contributed by atoms with Crippen molar-refractivity contribution in [3.05, 3.63) is 46.1 Å². The molecule has 2 rings (SSSR count). The molecule has 150 valence electrons. The van der Waals surface area contributed by atoms with Gasteiger partial charge in [-0.1, -0.05) is 49.6 Å². The summed E-state index contributed by atoms with van der Waals surface area (Å²) in [6.45, 7) is 9.04. The zero-order valence-electron chi connectivity index (χ0n) is 17.1. The van der Waals surface area contributed by atoms with Crippen molar-refractivity contribution in [2.45, 2.75) is 46.6 Å². The smallest absolute Gasteiger partial charge is 0.304 e. The standard InChI is InChI=1S/C22H26ClNO4/c1-7-13(2)10-14(3)8-9-16-11-17-18(12-24-16)21(27-6)22(5,28-15(4)25)20(26)19(17)23/h8-13H,7H2,1-6H3/t13?,22-/m0/s1. The lowest BCUT2D eigenvalue weighted by Gasteiger charge is -2.31. The van der Waals surface area contributed by atoms with Crippen LogP contribution >= 0.6 is 11.6 Å². The fourth-order valence-electron chi connectivity index (χ4n) is 3.14. The molecule has 1 aliphatic carbocycles. The van der Waals surface area contributed by atoms with Crippen LogP contribution in [0.2, 0.25) is 0 Å². The third-order valence-electron chi connectivity index (χ3n) is 4.73. The maximum absolute atomic E-state index is 12.9. The number of ether oxygens (including phenoxy) is 2. The van der Waals surface area contributed by atoms with Crippen molar-refractivity contribution in [3.63, 3.8) is 0 Å². The lowest BCUT2D eigenvalue weighted by atomic mass is 9.90. The largest absolute Gasteiger partial charge is 0.496 e. The Bertz CT molecular complexity index is 977. The first-order chi connectivity index (χ1) is 13.1. The maximum Gasteiger partial charge on any atom is 0.304 e. The molecular formula is C22H26ClNO4. The summed E-state index contributed by atoms with van der Waals surface area (Å²) in [6.07, 6.45) is 8.70. The average molecular weight is 404 g/mol. The fraction of sp³-hybridized carbons (Fsp3) is 0.409. The quantitative estimate of drug-likeness (QED) is 0.539. The molecule has 0 amide bonds. The Morgan fingerprint density at radius 3 is 2.61 bits per heavy atom. The van der Waals surface area contributed by atoms with E-state index < -0.39 is 17.4 Å². The number of esters is 1. The van der Waals surface area contributed by atoms with Gasteiger partial charge in [0.25, 0.3) is 0 Å². The SMILES string of the molecule is CCC(C)C=C(C)C=Cc1cc2c(cn1)=C(OC)[C@@](C)(OC(C)=O)C(=O)C=2Cl. The third kappa shape index (κ3) is 4.36. The molecular weight excluding hydrogens is 378 g/mol. The van der Waals surface area contributed by atoms with Crippen LogP contribution in [0.4, 0.5) is 0 Å². The molecule has 1 unspecified atom stereocenters. The Morgan fingerprint density at radius 1 is 1.36 bits per heavy atom. The second-order valence-corrected chi connectivity index (χ2v) is 7.47. The van der Waals surface area contributed by atoms with Gasteiger partial charge in [-0.3, -0.25) is 14.6 Å². The van der Waals surface area contributed by atoms with E-state index in [2.05, 4.69) is 24.9 Å². The van der Waals surface area contributed by atoms with Crippen LogP contribution < -0.4 is 10.4 Å². The van der Waals surface area contributed by atoms with Crippen LogP contribution in [0.1, 0.15) is 46.7 Å². The molecule has 5 nitrogen and oxygen atoms in total. The maximum atomic E-state index is 12.9. The molecule has 2 atom stereocenters. The predicted molar refractivity (Wildman–Crippen MR) is 111 cm³/mol. The van der Waals surface area contributed by atoms with Crippen molar-refractivity contribution in [2.24, 2.45) is 5.92 Å². The molecule has 28 heavy (non-hydrogen) atoms. The Hall–Kier alpha value is -2.40. The van der Waals surface area contributed by atoms with Crippen molar-refractivity contribution >= 4 is 40.2 Å². The highest BCUT2D eigenvalue weighted by atomic mass is 35.5. The van der Waals surface area contributed by atoms with Crippen LogP contribution in [0.25, 0.3) is 16.9 Å². The highest BCUT2D eigenvalue weighted by Gasteiger charge is 2.46. The van der Waals surface area contributed by atoms with Crippen LogP contribution in [0.3, 0.4) is 0 Å². The minimum atomic E-state index is -1.61. The minimum absolute atomic E-state index is 0.0107. The molecule has 0 saturated heterocycles. The van der Waals surface area contributed by atoms with Gasteiger partial charge in [0.2, 0.25) is 11.4 Å². The summed E-state index contributed by atoms with van der Waals surface area (Å²) in [4.78, 5) is 28.8. The minimum Gasteiger partial charge on any atom is -0.496 e. The molecule has 1 heterocycles. The van der Waals surface area contributed by atoms with E-state index in [0.717, 1.165) is 12.0 Å². The van der Waals surface area contributed by atoms with Crippen LogP contribution in [0, 0.1) is 5.92 Å². The molecule has 0 fully saturated rings. The lowest BCUT2D eigenvalue weighted by molar-refractivity contribution is -0.157. The fourth-order valence-corrected chi connectivity index (χ4v) is 3.48. The second kappa shape index (κ2) is 8.74. The number of carbonyl (C=O) groups excluding carboxylic acids is 2. The van der Waals surface area contributed by atoms with Gasteiger partial charge in [0.1, 0.15) is 0 Å². The first kappa shape index (κ1) is 21.9. The van der Waals surface area contributed by atoms with Crippen LogP contribution in [-0.4, -0.2) is 29.4 Å². The predicted octanol–water partition coefficient (Wildman–Crippen LogP) is 3.09.